The first-order valence-corrected chi connectivity index (χ1v) is 7.45. The van der Waals surface area contributed by atoms with E-state index in [0.29, 0.717) is 6.42 Å². The van der Waals surface area contributed by atoms with Crippen molar-refractivity contribution < 1.29 is 10.0 Å². The van der Waals surface area contributed by atoms with Crippen LogP contribution in [-0.4, -0.2) is 16.8 Å². The van der Waals surface area contributed by atoms with Gasteiger partial charge >= 0.3 is 0 Å². The summed E-state index contributed by atoms with van der Waals surface area (Å²) in [6.45, 7) is 6.37. The molecule has 2 N–H and O–H groups in total. The summed E-state index contributed by atoms with van der Waals surface area (Å²) in [5, 5.41) is 15.9. The number of amides is 1. The van der Waals surface area contributed by atoms with Gasteiger partial charge in [0.1, 0.15) is 0 Å². The van der Waals surface area contributed by atoms with E-state index in [4.69, 9.17) is 0 Å². The number of hydrogen-bond donors (Lipinski definition) is 2. The average Bonchev–Trinajstić information content (AvgIpc) is 2.78. The quantitative estimate of drug-likeness (QED) is 0.643. The monoisotopic (exact) mass is 286 g/mol. The summed E-state index contributed by atoms with van der Waals surface area (Å²) >= 11 is 0. The molecule has 2 saturated carbocycles. The van der Waals surface area contributed by atoms with Crippen LogP contribution in [0.4, 0.5) is 5.69 Å². The van der Waals surface area contributed by atoms with Crippen molar-refractivity contribution in [2.45, 2.75) is 40.0 Å². The van der Waals surface area contributed by atoms with Gasteiger partial charge in [0.25, 0.3) is 0 Å². The second-order valence-electron chi connectivity index (χ2n) is 7.08. The maximum Gasteiger partial charge on any atom is 0.231 e. The summed E-state index contributed by atoms with van der Waals surface area (Å²) < 4.78 is 0. The van der Waals surface area contributed by atoms with Gasteiger partial charge in [-0.2, -0.15) is 0 Å². The molecule has 2 atom stereocenters. The number of benzene rings is 1. The SMILES string of the molecule is CC1(C)[C@@]2(C(=O)Nc3ccccc3)CC[C@]1(C)/C(=N\O)C2. The van der Waals surface area contributed by atoms with E-state index < -0.39 is 5.41 Å². The van der Waals surface area contributed by atoms with Gasteiger partial charge in [0.05, 0.1) is 11.1 Å². The molecule has 2 fully saturated rings. The molecule has 4 nitrogen and oxygen atoms in total. The molecule has 4 heteroatoms. The first-order valence-electron chi connectivity index (χ1n) is 7.45. The third kappa shape index (κ3) is 1.62. The molecule has 1 aromatic carbocycles. The Bertz CT molecular complexity index is 608. The van der Waals surface area contributed by atoms with E-state index in [0.717, 1.165) is 24.2 Å². The van der Waals surface area contributed by atoms with E-state index >= 15 is 0 Å². The predicted octanol–water partition coefficient (Wildman–Crippen LogP) is 3.67. The molecule has 2 aliphatic carbocycles. The fraction of sp³-hybridized carbons (Fsp3) is 0.529. The molecule has 3 rings (SSSR count). The fourth-order valence-corrected chi connectivity index (χ4v) is 4.31. The van der Waals surface area contributed by atoms with Crippen molar-refractivity contribution >= 4 is 17.3 Å². The molecule has 2 aliphatic rings. The van der Waals surface area contributed by atoms with Gasteiger partial charge in [0.15, 0.2) is 0 Å². The lowest BCUT2D eigenvalue weighted by molar-refractivity contribution is -0.130. The number of anilines is 1. The Morgan fingerprint density at radius 1 is 1.19 bits per heavy atom. The molecule has 1 aromatic rings. The first kappa shape index (κ1) is 14.1. The second kappa shape index (κ2) is 4.33. The Morgan fingerprint density at radius 2 is 1.86 bits per heavy atom. The van der Waals surface area contributed by atoms with Crippen LogP contribution in [0.25, 0.3) is 0 Å². The topological polar surface area (TPSA) is 61.7 Å². The van der Waals surface area contributed by atoms with Crippen LogP contribution in [0, 0.1) is 16.2 Å². The van der Waals surface area contributed by atoms with Gasteiger partial charge in [-0.1, -0.05) is 44.1 Å². The molecule has 2 bridgehead atoms. The van der Waals surface area contributed by atoms with Crippen molar-refractivity contribution in [3.8, 4) is 0 Å². The molecule has 0 spiro atoms. The Morgan fingerprint density at radius 3 is 2.43 bits per heavy atom. The molecule has 21 heavy (non-hydrogen) atoms. The highest BCUT2D eigenvalue weighted by Gasteiger charge is 2.71. The largest absolute Gasteiger partial charge is 0.411 e. The van der Waals surface area contributed by atoms with Crippen LogP contribution in [0.3, 0.4) is 0 Å². The molecule has 0 radical (unpaired) electrons. The Balaban J connectivity index is 1.96. The highest BCUT2D eigenvalue weighted by molar-refractivity contribution is 6.06. The second-order valence-corrected chi connectivity index (χ2v) is 7.08. The van der Waals surface area contributed by atoms with Crippen LogP contribution in [-0.2, 0) is 4.79 Å². The minimum absolute atomic E-state index is 0.0427. The van der Waals surface area contributed by atoms with Crippen molar-refractivity contribution in [1.29, 1.82) is 0 Å². The molecule has 112 valence electrons. The Kier molecular flexibility index (Phi) is 2.91. The van der Waals surface area contributed by atoms with Gasteiger partial charge in [-0.15, -0.1) is 0 Å². The summed E-state index contributed by atoms with van der Waals surface area (Å²) in [5.74, 6) is 0.0427. The van der Waals surface area contributed by atoms with Crippen LogP contribution >= 0.6 is 0 Å². The van der Waals surface area contributed by atoms with Crippen molar-refractivity contribution in [2.75, 3.05) is 5.32 Å². The van der Waals surface area contributed by atoms with Gasteiger partial charge in [-0.05, 0) is 30.4 Å². The zero-order valence-corrected chi connectivity index (χ0v) is 12.8. The molecule has 0 aliphatic heterocycles. The fourth-order valence-electron chi connectivity index (χ4n) is 4.31. The number of nitrogens with one attached hydrogen (secondary N) is 1. The van der Waals surface area contributed by atoms with E-state index in [1.165, 1.54) is 0 Å². The van der Waals surface area contributed by atoms with Gasteiger partial charge in [0.2, 0.25) is 5.91 Å². The van der Waals surface area contributed by atoms with Gasteiger partial charge < -0.3 is 10.5 Å². The summed E-state index contributed by atoms with van der Waals surface area (Å²) in [5.41, 5.74) is 0.674. The summed E-state index contributed by atoms with van der Waals surface area (Å²) in [6, 6.07) is 9.53. The van der Waals surface area contributed by atoms with Crippen LogP contribution < -0.4 is 5.32 Å². The molecular weight excluding hydrogens is 264 g/mol. The number of carbonyl (C=O) groups is 1. The van der Waals surface area contributed by atoms with Gasteiger partial charge in [-0.25, -0.2) is 0 Å². The number of oxime groups is 1. The minimum Gasteiger partial charge on any atom is -0.411 e. The third-order valence-electron chi connectivity index (χ3n) is 6.32. The number of para-hydroxylation sites is 1. The maximum atomic E-state index is 13.0. The normalized spacial score (nSPS) is 35.1. The highest BCUT2D eigenvalue weighted by Crippen LogP contribution is 2.71. The predicted molar refractivity (Wildman–Crippen MR) is 82.5 cm³/mol. The zero-order valence-electron chi connectivity index (χ0n) is 12.8. The smallest absolute Gasteiger partial charge is 0.231 e. The summed E-state index contributed by atoms with van der Waals surface area (Å²) in [4.78, 5) is 13.0. The minimum atomic E-state index is -0.487. The van der Waals surface area contributed by atoms with Crippen molar-refractivity contribution in [3.63, 3.8) is 0 Å². The molecule has 1 amide bonds. The molecular formula is C17H22N2O2. The lowest BCUT2D eigenvalue weighted by atomic mass is 9.64. The lowest BCUT2D eigenvalue weighted by Crippen LogP contribution is -2.43. The number of nitrogens with zero attached hydrogens (tertiary/aromatic N) is 1. The number of fused-ring (bicyclic) bond motifs is 2. The lowest BCUT2D eigenvalue weighted by Gasteiger charge is -2.39. The zero-order chi connectivity index (χ0) is 15.3. The van der Waals surface area contributed by atoms with E-state index in [2.05, 4.69) is 31.2 Å². The standard InChI is InChI=1S/C17H22N2O2/c1-15(2)16(3)9-10-17(15,11-13(16)19-21)14(20)18-12-7-5-4-6-8-12/h4-8,21H,9-11H2,1-3H3,(H,18,20)/b19-13-/t16-,17+/m1/s1. The highest BCUT2D eigenvalue weighted by atomic mass is 16.4. The van der Waals surface area contributed by atoms with Gasteiger partial charge in [-0.3, -0.25) is 4.79 Å². The van der Waals surface area contributed by atoms with Crippen LogP contribution in [0.5, 0.6) is 0 Å². The molecule has 0 unspecified atom stereocenters. The van der Waals surface area contributed by atoms with E-state index in [1.54, 1.807) is 0 Å². The number of carbonyl (C=O) groups excluding carboxylic acids is 1. The number of rotatable bonds is 2. The first-order chi connectivity index (χ1) is 9.87. The van der Waals surface area contributed by atoms with E-state index in [1.807, 2.05) is 30.3 Å². The Hall–Kier alpha value is -1.84. The van der Waals surface area contributed by atoms with E-state index in [-0.39, 0.29) is 16.7 Å². The van der Waals surface area contributed by atoms with Crippen molar-refractivity contribution in [2.24, 2.45) is 21.4 Å². The van der Waals surface area contributed by atoms with Crippen LogP contribution in [0.15, 0.2) is 35.5 Å². The maximum absolute atomic E-state index is 13.0. The molecule has 0 saturated heterocycles. The van der Waals surface area contributed by atoms with Crippen molar-refractivity contribution in [1.82, 2.24) is 0 Å². The van der Waals surface area contributed by atoms with E-state index in [9.17, 15) is 10.0 Å². The number of hydrogen-bond acceptors (Lipinski definition) is 3. The summed E-state index contributed by atoms with van der Waals surface area (Å²) in [6.07, 6.45) is 2.28. The summed E-state index contributed by atoms with van der Waals surface area (Å²) in [7, 11) is 0. The third-order valence-corrected chi connectivity index (χ3v) is 6.32. The van der Waals surface area contributed by atoms with Gasteiger partial charge in [0, 0.05) is 17.5 Å². The van der Waals surface area contributed by atoms with Crippen molar-refractivity contribution in [3.05, 3.63) is 30.3 Å². The van der Waals surface area contributed by atoms with Crippen LogP contribution in [0.1, 0.15) is 40.0 Å². The molecule has 0 aromatic heterocycles. The molecule has 0 heterocycles. The average molecular weight is 286 g/mol. The van der Waals surface area contributed by atoms with Crippen LogP contribution in [0.2, 0.25) is 0 Å². The Labute approximate surface area is 125 Å².